The highest BCUT2D eigenvalue weighted by Crippen LogP contribution is 2.30. The second-order valence-electron chi connectivity index (χ2n) is 7.25. The van der Waals surface area contributed by atoms with E-state index in [1.807, 2.05) is 43.3 Å². The van der Waals surface area contributed by atoms with Gasteiger partial charge in [0.25, 0.3) is 5.56 Å². The first-order chi connectivity index (χ1) is 16.1. The zero-order chi connectivity index (χ0) is 23.2. The van der Waals surface area contributed by atoms with E-state index in [2.05, 4.69) is 11.1 Å². The molecule has 0 saturated carbocycles. The van der Waals surface area contributed by atoms with Crippen molar-refractivity contribution in [1.29, 1.82) is 5.26 Å². The van der Waals surface area contributed by atoms with Crippen LogP contribution in [0.3, 0.4) is 0 Å². The van der Waals surface area contributed by atoms with E-state index in [4.69, 9.17) is 10.00 Å². The average molecular weight is 459 g/mol. The molecule has 2 aromatic carbocycles. The first kappa shape index (κ1) is 22.2. The number of nitrogens with zero attached hydrogens (tertiary/aromatic N) is 4. The summed E-state index contributed by atoms with van der Waals surface area (Å²) in [5, 5.41) is 9.03. The minimum atomic E-state index is -0.294. The van der Waals surface area contributed by atoms with Crippen LogP contribution in [0.4, 0.5) is 5.69 Å². The Morgan fingerprint density at radius 1 is 1.18 bits per heavy atom. The molecule has 0 bridgehead atoms. The van der Waals surface area contributed by atoms with Crippen LogP contribution < -0.4 is 15.2 Å². The molecule has 0 saturated heterocycles. The Morgan fingerprint density at radius 3 is 2.64 bits per heavy atom. The minimum Gasteiger partial charge on any atom is -0.494 e. The van der Waals surface area contributed by atoms with Gasteiger partial charge in [0, 0.05) is 17.1 Å². The van der Waals surface area contributed by atoms with Gasteiger partial charge in [0.05, 0.1) is 30.9 Å². The molecule has 33 heavy (non-hydrogen) atoms. The third-order valence-electron chi connectivity index (χ3n) is 5.08. The van der Waals surface area contributed by atoms with Gasteiger partial charge in [-0.15, -0.1) is 11.3 Å². The van der Waals surface area contributed by atoms with Crippen LogP contribution in [-0.4, -0.2) is 28.6 Å². The van der Waals surface area contributed by atoms with Gasteiger partial charge in [-0.3, -0.25) is 14.2 Å². The normalized spacial score (nSPS) is 10.7. The van der Waals surface area contributed by atoms with Crippen LogP contribution in [0, 0.1) is 11.3 Å². The number of thiophene rings is 1. The van der Waals surface area contributed by atoms with E-state index in [9.17, 15) is 9.59 Å². The van der Waals surface area contributed by atoms with Crippen molar-refractivity contribution in [2.75, 3.05) is 18.1 Å². The van der Waals surface area contributed by atoms with Crippen LogP contribution in [0.5, 0.6) is 5.75 Å². The van der Waals surface area contributed by atoms with Crippen LogP contribution in [0.2, 0.25) is 0 Å². The summed E-state index contributed by atoms with van der Waals surface area (Å²) in [6.45, 7) is 2.50. The van der Waals surface area contributed by atoms with Crippen molar-refractivity contribution in [3.63, 3.8) is 0 Å². The molecular weight excluding hydrogens is 436 g/mol. The Morgan fingerprint density at radius 2 is 1.94 bits per heavy atom. The van der Waals surface area contributed by atoms with E-state index in [0.29, 0.717) is 28.3 Å². The SMILES string of the molecule is CCOc1ccc(N(CCC#N)C(=O)Cn2cnc3cc(-c4ccccc4)sc3c2=O)cc1. The fraction of sp³-hybridized carbons (Fsp3) is 0.200. The Bertz CT molecular complexity index is 1350. The predicted molar refractivity (Wildman–Crippen MR) is 130 cm³/mol. The number of carbonyl (C=O) groups excluding carboxylic acids is 1. The quantitative estimate of drug-likeness (QED) is 0.389. The number of benzene rings is 2. The summed E-state index contributed by atoms with van der Waals surface area (Å²) in [5.74, 6) is 0.407. The summed E-state index contributed by atoms with van der Waals surface area (Å²) >= 11 is 1.37. The van der Waals surface area contributed by atoms with Crippen molar-refractivity contribution >= 4 is 33.1 Å². The third kappa shape index (κ3) is 4.94. The summed E-state index contributed by atoms with van der Waals surface area (Å²) in [6, 6.07) is 20.9. The van der Waals surface area contributed by atoms with Gasteiger partial charge in [0.15, 0.2) is 0 Å². The van der Waals surface area contributed by atoms with Crippen molar-refractivity contribution in [3.8, 4) is 22.3 Å². The lowest BCUT2D eigenvalue weighted by Crippen LogP contribution is -2.37. The van der Waals surface area contributed by atoms with Crippen LogP contribution in [0.15, 0.2) is 71.8 Å². The number of aromatic nitrogens is 2. The molecule has 8 heteroatoms. The molecule has 0 aliphatic carbocycles. The lowest BCUT2D eigenvalue weighted by Gasteiger charge is -2.22. The molecule has 0 atom stereocenters. The van der Waals surface area contributed by atoms with E-state index in [1.54, 1.807) is 24.3 Å². The number of hydrogen-bond donors (Lipinski definition) is 0. The Balaban J connectivity index is 1.60. The van der Waals surface area contributed by atoms with E-state index >= 15 is 0 Å². The number of nitriles is 1. The van der Waals surface area contributed by atoms with Gasteiger partial charge in [-0.2, -0.15) is 5.26 Å². The molecule has 0 radical (unpaired) electrons. The highest BCUT2D eigenvalue weighted by Gasteiger charge is 2.18. The van der Waals surface area contributed by atoms with Gasteiger partial charge in [0.2, 0.25) is 5.91 Å². The molecule has 0 aliphatic heterocycles. The number of rotatable bonds is 8. The Hall–Kier alpha value is -3.96. The zero-order valence-corrected chi connectivity index (χ0v) is 18.9. The number of amides is 1. The van der Waals surface area contributed by atoms with E-state index < -0.39 is 0 Å². The van der Waals surface area contributed by atoms with E-state index in [0.717, 1.165) is 10.4 Å². The number of hydrogen-bond acceptors (Lipinski definition) is 6. The molecule has 166 valence electrons. The molecule has 4 aromatic rings. The first-order valence-electron chi connectivity index (χ1n) is 10.5. The molecular formula is C25H22N4O3S. The smallest absolute Gasteiger partial charge is 0.271 e. The van der Waals surface area contributed by atoms with Crippen LogP contribution in [0.1, 0.15) is 13.3 Å². The number of ether oxygens (including phenoxy) is 1. The highest BCUT2D eigenvalue weighted by molar-refractivity contribution is 7.22. The average Bonchev–Trinajstić information content (AvgIpc) is 3.28. The van der Waals surface area contributed by atoms with Gasteiger partial charge in [0.1, 0.15) is 17.0 Å². The molecule has 0 aliphatic rings. The van der Waals surface area contributed by atoms with Crippen molar-refractivity contribution < 1.29 is 9.53 Å². The Kier molecular flexibility index (Phi) is 6.81. The number of fused-ring (bicyclic) bond motifs is 1. The summed E-state index contributed by atoms with van der Waals surface area (Å²) in [7, 11) is 0. The van der Waals surface area contributed by atoms with Crippen molar-refractivity contribution in [3.05, 3.63) is 77.3 Å². The molecule has 0 unspecified atom stereocenters. The van der Waals surface area contributed by atoms with Gasteiger partial charge >= 0.3 is 0 Å². The maximum absolute atomic E-state index is 13.1. The second-order valence-corrected chi connectivity index (χ2v) is 8.30. The lowest BCUT2D eigenvalue weighted by molar-refractivity contribution is -0.119. The summed E-state index contributed by atoms with van der Waals surface area (Å²) < 4.78 is 7.29. The number of carbonyl (C=O) groups is 1. The van der Waals surface area contributed by atoms with Crippen molar-refractivity contribution in [1.82, 2.24) is 9.55 Å². The molecule has 2 heterocycles. The first-order valence-corrected chi connectivity index (χ1v) is 11.4. The molecule has 0 fully saturated rings. The predicted octanol–water partition coefficient (Wildman–Crippen LogP) is 4.47. The van der Waals surface area contributed by atoms with E-state index in [-0.39, 0.29) is 31.0 Å². The molecule has 1 amide bonds. The molecule has 0 N–H and O–H groups in total. The van der Waals surface area contributed by atoms with Gasteiger partial charge in [-0.25, -0.2) is 4.98 Å². The standard InChI is InChI=1S/C25H22N4O3S/c1-2-32-20-11-9-19(10-12-20)29(14-6-13-26)23(30)16-28-17-27-21-15-22(33-24(21)25(28)31)18-7-4-3-5-8-18/h3-5,7-12,15,17H,2,6,14,16H2,1H3. The van der Waals surface area contributed by atoms with Gasteiger partial charge < -0.3 is 9.64 Å². The maximum atomic E-state index is 13.1. The second kappa shape index (κ2) is 10.1. The fourth-order valence-corrected chi connectivity index (χ4v) is 4.55. The number of anilines is 1. The van der Waals surface area contributed by atoms with Crippen molar-refractivity contribution in [2.24, 2.45) is 0 Å². The van der Waals surface area contributed by atoms with Crippen LogP contribution in [0.25, 0.3) is 20.7 Å². The van der Waals surface area contributed by atoms with Crippen LogP contribution >= 0.6 is 11.3 Å². The van der Waals surface area contributed by atoms with Gasteiger partial charge in [-0.05, 0) is 42.8 Å². The lowest BCUT2D eigenvalue weighted by atomic mass is 10.2. The maximum Gasteiger partial charge on any atom is 0.271 e. The molecule has 7 nitrogen and oxygen atoms in total. The molecule has 0 spiro atoms. The summed E-state index contributed by atoms with van der Waals surface area (Å²) in [4.78, 5) is 33.1. The van der Waals surface area contributed by atoms with Crippen LogP contribution in [-0.2, 0) is 11.3 Å². The highest BCUT2D eigenvalue weighted by atomic mass is 32.1. The summed E-state index contributed by atoms with van der Waals surface area (Å²) in [6.07, 6.45) is 1.58. The molecule has 2 aromatic heterocycles. The van der Waals surface area contributed by atoms with Crippen molar-refractivity contribution in [2.45, 2.75) is 19.9 Å². The minimum absolute atomic E-state index is 0.168. The topological polar surface area (TPSA) is 88.2 Å². The molecule has 4 rings (SSSR count). The Labute approximate surface area is 195 Å². The fourth-order valence-electron chi connectivity index (χ4n) is 3.48. The zero-order valence-electron chi connectivity index (χ0n) is 18.1. The monoisotopic (exact) mass is 458 g/mol. The van der Waals surface area contributed by atoms with E-state index in [1.165, 1.54) is 27.1 Å². The largest absolute Gasteiger partial charge is 0.494 e. The summed E-state index contributed by atoms with van der Waals surface area (Å²) in [5.41, 5.74) is 2.01. The van der Waals surface area contributed by atoms with Gasteiger partial charge in [-0.1, -0.05) is 30.3 Å². The third-order valence-corrected chi connectivity index (χ3v) is 6.24.